The number of hydrogen-bond donors (Lipinski definition) is 0. The molecule has 0 saturated carbocycles. The number of nitrogens with zero attached hydrogens (tertiary/aromatic N) is 2. The van der Waals surface area contributed by atoms with E-state index in [9.17, 15) is 0 Å². The summed E-state index contributed by atoms with van der Waals surface area (Å²) in [7, 11) is 0. The molecule has 0 saturated heterocycles. The number of allylic oxidation sites excluding steroid dienone is 2. The summed E-state index contributed by atoms with van der Waals surface area (Å²) >= 11 is 0. The van der Waals surface area contributed by atoms with Crippen LogP contribution in [0.25, 0.3) is 44.8 Å². The first-order chi connectivity index (χ1) is 18.4. The van der Waals surface area contributed by atoms with Gasteiger partial charge in [0.15, 0.2) is 0 Å². The van der Waals surface area contributed by atoms with Crippen LogP contribution in [0.2, 0.25) is 0 Å². The second-order valence-electron chi connectivity index (χ2n) is 11.5. The summed E-state index contributed by atoms with van der Waals surface area (Å²) in [6, 6.07) is 35.0. The summed E-state index contributed by atoms with van der Waals surface area (Å²) in [6.07, 6.45) is 3.63. The van der Waals surface area contributed by atoms with Gasteiger partial charge in [0.2, 0.25) is 0 Å². The second-order valence-corrected chi connectivity index (χ2v) is 11.5. The summed E-state index contributed by atoms with van der Waals surface area (Å²) in [5.41, 5.74) is 15.1. The van der Waals surface area contributed by atoms with Gasteiger partial charge in [0.05, 0.1) is 11.4 Å². The van der Waals surface area contributed by atoms with Gasteiger partial charge < -0.3 is 0 Å². The van der Waals surface area contributed by atoms with E-state index in [4.69, 9.17) is 4.98 Å². The van der Waals surface area contributed by atoms with Gasteiger partial charge in [0, 0.05) is 34.4 Å². The van der Waals surface area contributed by atoms with Crippen LogP contribution in [0.5, 0.6) is 0 Å². The number of benzene rings is 3. The fraction of sp³-hybridized carbons (Fsp3) is 0.167. The second kappa shape index (κ2) is 8.10. The van der Waals surface area contributed by atoms with Crippen molar-refractivity contribution >= 4 is 11.1 Å². The van der Waals surface area contributed by atoms with E-state index >= 15 is 0 Å². The predicted molar refractivity (Wildman–Crippen MR) is 158 cm³/mol. The lowest BCUT2D eigenvalue weighted by Crippen LogP contribution is -2.19. The maximum atomic E-state index is 5.02. The number of fused-ring (bicyclic) bond motifs is 4. The Hall–Kier alpha value is -4.30. The van der Waals surface area contributed by atoms with E-state index in [0.717, 1.165) is 22.5 Å². The van der Waals surface area contributed by atoms with E-state index in [-0.39, 0.29) is 10.8 Å². The summed E-state index contributed by atoms with van der Waals surface area (Å²) in [6.45, 7) is 9.55. The molecule has 0 radical (unpaired) electrons. The zero-order chi connectivity index (χ0) is 26.1. The van der Waals surface area contributed by atoms with Crippen LogP contribution in [-0.2, 0) is 10.8 Å². The molecule has 0 spiro atoms. The maximum absolute atomic E-state index is 5.02. The molecule has 3 aromatic carbocycles. The van der Waals surface area contributed by atoms with Gasteiger partial charge in [-0.25, -0.2) is 4.98 Å². The number of aromatic nitrogens is 2. The van der Waals surface area contributed by atoms with Gasteiger partial charge in [0.1, 0.15) is 0 Å². The van der Waals surface area contributed by atoms with Crippen LogP contribution >= 0.6 is 0 Å². The van der Waals surface area contributed by atoms with E-state index in [1.54, 1.807) is 0 Å². The van der Waals surface area contributed by atoms with Crippen molar-refractivity contribution < 1.29 is 0 Å². The van der Waals surface area contributed by atoms with Gasteiger partial charge in [0.25, 0.3) is 0 Å². The molecule has 0 bridgehead atoms. The molecule has 0 unspecified atom stereocenters. The van der Waals surface area contributed by atoms with Gasteiger partial charge in [-0.1, -0.05) is 88.4 Å². The van der Waals surface area contributed by atoms with Crippen molar-refractivity contribution in [1.29, 1.82) is 0 Å². The number of pyridine rings is 2. The van der Waals surface area contributed by atoms with Crippen LogP contribution in [0.4, 0.5) is 0 Å². The first-order valence-electron chi connectivity index (χ1n) is 13.3. The Labute approximate surface area is 224 Å². The molecule has 0 atom stereocenters. The first kappa shape index (κ1) is 22.9. The Morgan fingerprint density at radius 1 is 0.474 bits per heavy atom. The molecular formula is C36H30N2. The molecule has 0 fully saturated rings. The van der Waals surface area contributed by atoms with E-state index in [1.807, 2.05) is 24.5 Å². The smallest absolute Gasteiger partial charge is 0.0710 e. The molecule has 0 N–H and O–H groups in total. The quantitative estimate of drug-likeness (QED) is 0.252. The number of hydrogen-bond acceptors (Lipinski definition) is 2. The topological polar surface area (TPSA) is 25.8 Å². The summed E-state index contributed by atoms with van der Waals surface area (Å²) in [4.78, 5) is 9.17. The molecule has 2 nitrogen and oxygen atoms in total. The molecule has 0 amide bonds. The SMILES string of the molecule is CC1(C)C2=C(c3ccc(-c4ccccc4)cc31)C(C)(C)c1cc(-c3cccc(-c4ccncc4)n3)ccc12. The standard InChI is InChI=1S/C36H30N2/c1-35(2)29-21-25(23-9-6-5-7-10-23)13-15-27(29)33-34(35)28-16-14-26(22-30(28)36(33,3)4)32-12-8-11-31(38-32)24-17-19-37-20-18-24/h5-22H,1-4H3. The highest BCUT2D eigenvalue weighted by molar-refractivity contribution is 6.10. The molecule has 7 rings (SSSR count). The fourth-order valence-corrected chi connectivity index (χ4v) is 6.64. The molecule has 2 heteroatoms. The minimum Gasteiger partial charge on any atom is -0.265 e. The third-order valence-electron chi connectivity index (χ3n) is 8.55. The van der Waals surface area contributed by atoms with Gasteiger partial charge in [-0.2, -0.15) is 0 Å². The van der Waals surface area contributed by atoms with Crippen molar-refractivity contribution in [2.24, 2.45) is 0 Å². The van der Waals surface area contributed by atoms with Gasteiger partial charge in [-0.05, 0) is 80.9 Å². The lowest BCUT2D eigenvalue weighted by molar-refractivity contribution is 0.694. The molecule has 2 aromatic heterocycles. The maximum Gasteiger partial charge on any atom is 0.0710 e. The summed E-state index contributed by atoms with van der Waals surface area (Å²) in [5.74, 6) is 0. The molecule has 184 valence electrons. The molecular weight excluding hydrogens is 460 g/mol. The lowest BCUT2D eigenvalue weighted by atomic mass is 9.75. The molecule has 2 heterocycles. The molecule has 38 heavy (non-hydrogen) atoms. The Balaban J connectivity index is 1.32. The zero-order valence-corrected chi connectivity index (χ0v) is 22.3. The van der Waals surface area contributed by atoms with E-state index in [0.29, 0.717) is 0 Å². The van der Waals surface area contributed by atoms with E-state index in [1.165, 1.54) is 44.5 Å². The Bertz CT molecular complexity index is 1740. The fourth-order valence-electron chi connectivity index (χ4n) is 6.64. The third kappa shape index (κ3) is 3.26. The van der Waals surface area contributed by atoms with Crippen LogP contribution in [0.3, 0.4) is 0 Å². The van der Waals surface area contributed by atoms with Gasteiger partial charge in [-0.15, -0.1) is 0 Å². The van der Waals surface area contributed by atoms with Crippen LogP contribution < -0.4 is 0 Å². The zero-order valence-electron chi connectivity index (χ0n) is 22.3. The van der Waals surface area contributed by atoms with E-state index < -0.39 is 0 Å². The van der Waals surface area contributed by atoms with Crippen LogP contribution in [0.1, 0.15) is 49.9 Å². The van der Waals surface area contributed by atoms with Crippen molar-refractivity contribution in [2.75, 3.05) is 0 Å². The molecule has 2 aliphatic rings. The van der Waals surface area contributed by atoms with Crippen LogP contribution in [0.15, 0.2) is 109 Å². The average Bonchev–Trinajstić information content (AvgIpc) is 3.35. The average molecular weight is 491 g/mol. The number of rotatable bonds is 3. The lowest BCUT2D eigenvalue weighted by Gasteiger charge is -2.28. The highest BCUT2D eigenvalue weighted by Gasteiger charge is 2.49. The molecule has 5 aromatic rings. The first-order valence-corrected chi connectivity index (χ1v) is 13.3. The van der Waals surface area contributed by atoms with Gasteiger partial charge in [-0.3, -0.25) is 4.98 Å². The highest BCUT2D eigenvalue weighted by atomic mass is 14.7. The Kier molecular flexibility index (Phi) is 4.87. The predicted octanol–water partition coefficient (Wildman–Crippen LogP) is 8.97. The Morgan fingerprint density at radius 3 is 1.66 bits per heavy atom. The minimum atomic E-state index is -0.0971. The van der Waals surface area contributed by atoms with E-state index in [2.05, 4.69) is 118 Å². The van der Waals surface area contributed by atoms with Crippen molar-refractivity contribution in [2.45, 2.75) is 38.5 Å². The van der Waals surface area contributed by atoms with Crippen molar-refractivity contribution in [1.82, 2.24) is 9.97 Å². The summed E-state index contributed by atoms with van der Waals surface area (Å²) < 4.78 is 0. The van der Waals surface area contributed by atoms with Crippen LogP contribution in [0, 0.1) is 0 Å². The minimum absolute atomic E-state index is 0.0704. The van der Waals surface area contributed by atoms with Crippen molar-refractivity contribution in [3.05, 3.63) is 132 Å². The van der Waals surface area contributed by atoms with Crippen molar-refractivity contribution in [3.8, 4) is 33.6 Å². The molecule has 0 aliphatic heterocycles. The Morgan fingerprint density at radius 2 is 1.03 bits per heavy atom. The molecule has 2 aliphatic carbocycles. The largest absolute Gasteiger partial charge is 0.265 e. The highest BCUT2D eigenvalue weighted by Crippen LogP contribution is 2.63. The van der Waals surface area contributed by atoms with Gasteiger partial charge >= 0.3 is 0 Å². The van der Waals surface area contributed by atoms with Crippen molar-refractivity contribution in [3.63, 3.8) is 0 Å². The normalized spacial score (nSPS) is 16.2. The van der Waals surface area contributed by atoms with Crippen LogP contribution in [-0.4, -0.2) is 9.97 Å². The monoisotopic (exact) mass is 490 g/mol. The third-order valence-corrected chi connectivity index (χ3v) is 8.55. The summed E-state index contributed by atoms with van der Waals surface area (Å²) in [5, 5.41) is 0.